The third-order valence-electron chi connectivity index (χ3n) is 3.65. The largest absolute Gasteiger partial charge is 0.491 e. The molecular formula is C17H25N3O. The van der Waals surface area contributed by atoms with Crippen molar-refractivity contribution >= 4 is 0 Å². The summed E-state index contributed by atoms with van der Waals surface area (Å²) in [6.45, 7) is 9.65. The third-order valence-corrected chi connectivity index (χ3v) is 3.65. The van der Waals surface area contributed by atoms with Gasteiger partial charge in [-0.25, -0.2) is 4.98 Å². The highest BCUT2D eigenvalue weighted by Gasteiger charge is 2.04. The van der Waals surface area contributed by atoms with Gasteiger partial charge in [-0.1, -0.05) is 25.1 Å². The van der Waals surface area contributed by atoms with Crippen LogP contribution in [0.1, 0.15) is 30.3 Å². The van der Waals surface area contributed by atoms with Crippen molar-refractivity contribution in [2.45, 2.75) is 40.3 Å². The molecule has 0 fully saturated rings. The first-order valence-corrected chi connectivity index (χ1v) is 7.62. The van der Waals surface area contributed by atoms with E-state index >= 15 is 0 Å². The summed E-state index contributed by atoms with van der Waals surface area (Å²) in [5.74, 6) is 0.968. The van der Waals surface area contributed by atoms with E-state index in [-0.39, 0.29) is 0 Å². The van der Waals surface area contributed by atoms with E-state index in [1.807, 2.05) is 25.4 Å². The lowest BCUT2D eigenvalue weighted by atomic mass is 10.2. The Balaban J connectivity index is 1.89. The molecule has 1 aromatic heterocycles. The molecular weight excluding hydrogens is 262 g/mol. The second-order valence-corrected chi connectivity index (χ2v) is 5.24. The van der Waals surface area contributed by atoms with Crippen LogP contribution in [0.2, 0.25) is 0 Å². The minimum atomic E-state index is 0.654. The van der Waals surface area contributed by atoms with Crippen molar-refractivity contribution in [2.75, 3.05) is 13.2 Å². The maximum Gasteiger partial charge on any atom is 0.123 e. The smallest absolute Gasteiger partial charge is 0.123 e. The Kier molecular flexibility index (Phi) is 5.81. The summed E-state index contributed by atoms with van der Waals surface area (Å²) < 4.78 is 8.08. The molecule has 2 rings (SSSR count). The number of para-hydroxylation sites is 1. The Bertz CT molecular complexity index is 563. The van der Waals surface area contributed by atoms with Crippen LogP contribution in [0.5, 0.6) is 5.75 Å². The lowest BCUT2D eigenvalue weighted by molar-refractivity contribution is 0.293. The number of nitrogens with zero attached hydrogens (tertiary/aromatic N) is 2. The van der Waals surface area contributed by atoms with Crippen LogP contribution >= 0.6 is 0 Å². The molecule has 21 heavy (non-hydrogen) atoms. The number of rotatable bonds is 8. The SMILES string of the molecule is CCCNCc1ccccc1OCCn1cnc(C)c1C. The second kappa shape index (κ2) is 7.84. The highest BCUT2D eigenvalue weighted by atomic mass is 16.5. The van der Waals surface area contributed by atoms with Crippen molar-refractivity contribution in [1.29, 1.82) is 0 Å². The number of aryl methyl sites for hydroxylation is 1. The van der Waals surface area contributed by atoms with Crippen LogP contribution in [-0.4, -0.2) is 22.7 Å². The summed E-state index contributed by atoms with van der Waals surface area (Å²) >= 11 is 0. The van der Waals surface area contributed by atoms with Crippen molar-refractivity contribution in [2.24, 2.45) is 0 Å². The van der Waals surface area contributed by atoms with Gasteiger partial charge >= 0.3 is 0 Å². The van der Waals surface area contributed by atoms with Crippen LogP contribution < -0.4 is 10.1 Å². The summed E-state index contributed by atoms with van der Waals surface area (Å²) in [6.07, 6.45) is 3.02. The van der Waals surface area contributed by atoms with Gasteiger partial charge in [0.2, 0.25) is 0 Å². The molecule has 2 aromatic rings. The van der Waals surface area contributed by atoms with Crippen LogP contribution in [0.15, 0.2) is 30.6 Å². The van der Waals surface area contributed by atoms with Gasteiger partial charge < -0.3 is 14.6 Å². The van der Waals surface area contributed by atoms with Gasteiger partial charge in [0.15, 0.2) is 0 Å². The van der Waals surface area contributed by atoms with Gasteiger partial charge in [-0.15, -0.1) is 0 Å². The minimum Gasteiger partial charge on any atom is -0.491 e. The van der Waals surface area contributed by atoms with E-state index in [2.05, 4.69) is 40.8 Å². The fraction of sp³-hybridized carbons (Fsp3) is 0.471. The topological polar surface area (TPSA) is 39.1 Å². The van der Waals surface area contributed by atoms with E-state index in [1.165, 1.54) is 11.3 Å². The number of hydrogen-bond acceptors (Lipinski definition) is 3. The molecule has 1 N–H and O–H groups in total. The number of hydrogen-bond donors (Lipinski definition) is 1. The molecule has 0 spiro atoms. The van der Waals surface area contributed by atoms with E-state index in [9.17, 15) is 0 Å². The van der Waals surface area contributed by atoms with Crippen molar-refractivity contribution in [3.8, 4) is 5.75 Å². The first kappa shape index (κ1) is 15.6. The molecule has 0 amide bonds. The normalized spacial score (nSPS) is 10.8. The number of benzene rings is 1. The third kappa shape index (κ3) is 4.33. The highest BCUT2D eigenvalue weighted by molar-refractivity contribution is 5.33. The molecule has 4 heteroatoms. The zero-order valence-corrected chi connectivity index (χ0v) is 13.2. The standard InChI is InChI=1S/C17H25N3O/c1-4-9-18-12-16-7-5-6-8-17(16)21-11-10-20-13-19-14(2)15(20)3/h5-8,13,18H,4,9-12H2,1-3H3. The fourth-order valence-corrected chi connectivity index (χ4v) is 2.21. The summed E-state index contributed by atoms with van der Waals surface area (Å²) in [7, 11) is 0. The molecule has 0 radical (unpaired) electrons. The van der Waals surface area contributed by atoms with Gasteiger partial charge in [0.1, 0.15) is 12.4 Å². The van der Waals surface area contributed by atoms with E-state index in [4.69, 9.17) is 4.74 Å². The zero-order valence-electron chi connectivity index (χ0n) is 13.2. The average molecular weight is 287 g/mol. The Labute approximate surface area is 127 Å². The van der Waals surface area contributed by atoms with Crippen LogP contribution in [0.4, 0.5) is 0 Å². The van der Waals surface area contributed by atoms with Gasteiger partial charge in [0, 0.05) is 17.8 Å². The van der Waals surface area contributed by atoms with Crippen molar-refractivity contribution in [3.05, 3.63) is 47.5 Å². The highest BCUT2D eigenvalue weighted by Crippen LogP contribution is 2.18. The number of nitrogens with one attached hydrogen (secondary N) is 1. The van der Waals surface area contributed by atoms with Crippen LogP contribution in [0.3, 0.4) is 0 Å². The van der Waals surface area contributed by atoms with Gasteiger partial charge in [-0.3, -0.25) is 0 Å². The Morgan fingerprint density at radius 3 is 2.76 bits per heavy atom. The number of ether oxygens (including phenoxy) is 1. The Morgan fingerprint density at radius 1 is 1.24 bits per heavy atom. The average Bonchev–Trinajstić information content (AvgIpc) is 2.81. The molecule has 1 heterocycles. The molecule has 0 saturated carbocycles. The zero-order chi connectivity index (χ0) is 15.1. The van der Waals surface area contributed by atoms with Crippen molar-refractivity contribution in [1.82, 2.24) is 14.9 Å². The Hall–Kier alpha value is -1.81. The molecule has 4 nitrogen and oxygen atoms in total. The molecule has 0 saturated heterocycles. The fourth-order valence-electron chi connectivity index (χ4n) is 2.21. The van der Waals surface area contributed by atoms with E-state index in [0.29, 0.717) is 6.61 Å². The van der Waals surface area contributed by atoms with Gasteiger partial charge in [-0.05, 0) is 32.9 Å². The maximum atomic E-state index is 5.95. The van der Waals surface area contributed by atoms with Crippen molar-refractivity contribution < 1.29 is 4.74 Å². The van der Waals surface area contributed by atoms with E-state index in [1.54, 1.807) is 0 Å². The lowest BCUT2D eigenvalue weighted by Crippen LogP contribution is -2.15. The van der Waals surface area contributed by atoms with Crippen LogP contribution in [0, 0.1) is 13.8 Å². The van der Waals surface area contributed by atoms with E-state index in [0.717, 1.165) is 37.5 Å². The predicted octanol–water partition coefficient (Wildman–Crippen LogP) is 3.08. The van der Waals surface area contributed by atoms with Crippen LogP contribution in [0.25, 0.3) is 0 Å². The maximum absolute atomic E-state index is 5.95. The van der Waals surface area contributed by atoms with Crippen molar-refractivity contribution in [3.63, 3.8) is 0 Å². The lowest BCUT2D eigenvalue weighted by Gasteiger charge is -2.13. The van der Waals surface area contributed by atoms with E-state index < -0.39 is 0 Å². The number of imidazole rings is 1. The summed E-state index contributed by atoms with van der Waals surface area (Å²) in [5.41, 5.74) is 3.50. The van der Waals surface area contributed by atoms with Crippen LogP contribution in [-0.2, 0) is 13.1 Å². The molecule has 0 atom stereocenters. The monoisotopic (exact) mass is 287 g/mol. The minimum absolute atomic E-state index is 0.654. The van der Waals surface area contributed by atoms with Gasteiger partial charge in [0.05, 0.1) is 18.6 Å². The summed E-state index contributed by atoms with van der Waals surface area (Å²) in [5, 5.41) is 3.42. The Morgan fingerprint density at radius 2 is 2.05 bits per heavy atom. The first-order chi connectivity index (χ1) is 10.2. The molecule has 0 aliphatic rings. The number of aromatic nitrogens is 2. The molecule has 0 aliphatic heterocycles. The van der Waals surface area contributed by atoms with Gasteiger partial charge in [0.25, 0.3) is 0 Å². The summed E-state index contributed by atoms with van der Waals surface area (Å²) in [6, 6.07) is 8.23. The summed E-state index contributed by atoms with van der Waals surface area (Å²) in [4.78, 5) is 4.31. The molecule has 1 aromatic carbocycles. The second-order valence-electron chi connectivity index (χ2n) is 5.24. The quantitative estimate of drug-likeness (QED) is 0.758. The molecule has 0 unspecified atom stereocenters. The van der Waals surface area contributed by atoms with Gasteiger partial charge in [-0.2, -0.15) is 0 Å². The molecule has 0 bridgehead atoms. The molecule has 0 aliphatic carbocycles. The first-order valence-electron chi connectivity index (χ1n) is 7.62. The molecule has 114 valence electrons. The predicted molar refractivity (Wildman–Crippen MR) is 85.6 cm³/mol.